The highest BCUT2D eigenvalue weighted by Crippen LogP contribution is 2.22. The molecule has 0 spiro atoms. The number of hydrogen-bond donors (Lipinski definition) is 2. The molecule has 0 bridgehead atoms. The van der Waals surface area contributed by atoms with Gasteiger partial charge >= 0.3 is 0 Å². The molecule has 1 fully saturated rings. The van der Waals surface area contributed by atoms with Gasteiger partial charge in [-0.25, -0.2) is 12.8 Å². The first-order valence-corrected chi connectivity index (χ1v) is 10.2. The number of hydrogen-bond acceptors (Lipinski definition) is 4. The molecule has 0 aromatic heterocycles. The van der Waals surface area contributed by atoms with E-state index in [9.17, 15) is 17.6 Å². The molecule has 1 heterocycles. The van der Waals surface area contributed by atoms with Gasteiger partial charge in [0.05, 0.1) is 11.4 Å². The van der Waals surface area contributed by atoms with Gasteiger partial charge in [-0.1, -0.05) is 6.07 Å². The fourth-order valence-corrected chi connectivity index (χ4v) is 4.47. The lowest BCUT2D eigenvalue weighted by molar-refractivity contribution is -0.114. The number of nitrogens with zero attached hydrogens (tertiary/aromatic N) is 1. The Bertz CT molecular complexity index is 924. The first kappa shape index (κ1) is 19.3. The summed E-state index contributed by atoms with van der Waals surface area (Å²) in [6.07, 6.45) is 1.76. The van der Waals surface area contributed by atoms with Gasteiger partial charge in [0, 0.05) is 24.5 Å². The van der Waals surface area contributed by atoms with E-state index in [2.05, 4.69) is 10.6 Å². The van der Waals surface area contributed by atoms with E-state index < -0.39 is 10.0 Å². The minimum Gasteiger partial charge on any atom is -0.376 e. The maximum atomic E-state index is 13.3. The summed E-state index contributed by atoms with van der Waals surface area (Å²) in [7, 11) is -3.47. The second-order valence-corrected chi connectivity index (χ2v) is 8.43. The van der Waals surface area contributed by atoms with Gasteiger partial charge in [0.1, 0.15) is 5.82 Å². The Labute approximate surface area is 158 Å². The molecule has 2 aromatic carbocycles. The molecular weight excluding hydrogens is 369 g/mol. The molecule has 1 saturated heterocycles. The van der Waals surface area contributed by atoms with Crippen LogP contribution in [0.5, 0.6) is 0 Å². The van der Waals surface area contributed by atoms with Crippen LogP contribution in [0, 0.1) is 12.7 Å². The Kier molecular flexibility index (Phi) is 5.76. The summed E-state index contributed by atoms with van der Waals surface area (Å²) in [5.74, 6) is -0.688. The number of amides is 1. The molecule has 1 aliphatic rings. The van der Waals surface area contributed by atoms with Crippen molar-refractivity contribution in [2.45, 2.75) is 24.7 Å². The monoisotopic (exact) mass is 391 g/mol. The van der Waals surface area contributed by atoms with Crippen molar-refractivity contribution in [3.05, 3.63) is 53.8 Å². The number of sulfonamides is 1. The van der Waals surface area contributed by atoms with Crippen LogP contribution in [0.2, 0.25) is 0 Å². The molecule has 2 aromatic rings. The third-order valence-corrected chi connectivity index (χ3v) is 6.39. The second-order valence-electron chi connectivity index (χ2n) is 6.50. The molecule has 0 radical (unpaired) electrons. The molecule has 3 rings (SSSR count). The first-order chi connectivity index (χ1) is 12.9. The topological polar surface area (TPSA) is 78.5 Å². The lowest BCUT2D eigenvalue weighted by atomic mass is 10.2. The summed E-state index contributed by atoms with van der Waals surface area (Å²) in [4.78, 5) is 12.3. The zero-order valence-electron chi connectivity index (χ0n) is 15.0. The van der Waals surface area contributed by atoms with E-state index in [1.54, 1.807) is 18.2 Å². The smallest absolute Gasteiger partial charge is 0.243 e. The number of carbonyl (C=O) groups excluding carboxylic acids is 1. The van der Waals surface area contributed by atoms with Gasteiger partial charge in [0.25, 0.3) is 0 Å². The Hall–Kier alpha value is -2.45. The minimum atomic E-state index is -3.47. The van der Waals surface area contributed by atoms with Crippen molar-refractivity contribution in [1.82, 2.24) is 4.31 Å². The van der Waals surface area contributed by atoms with Crippen LogP contribution in [0.25, 0.3) is 0 Å². The van der Waals surface area contributed by atoms with E-state index in [1.165, 1.54) is 28.6 Å². The number of rotatable bonds is 6. The van der Waals surface area contributed by atoms with Crippen LogP contribution in [0.1, 0.15) is 18.4 Å². The van der Waals surface area contributed by atoms with Crippen molar-refractivity contribution < 1.29 is 17.6 Å². The number of halogens is 1. The highest BCUT2D eigenvalue weighted by atomic mass is 32.2. The molecule has 0 aliphatic carbocycles. The van der Waals surface area contributed by atoms with Gasteiger partial charge in [0.2, 0.25) is 15.9 Å². The van der Waals surface area contributed by atoms with E-state index in [-0.39, 0.29) is 23.2 Å². The largest absolute Gasteiger partial charge is 0.376 e. The SMILES string of the molecule is Cc1ccc(F)cc1NCC(=O)Nc1ccc(S(=O)(=O)N2CCCC2)cc1. The average molecular weight is 391 g/mol. The van der Waals surface area contributed by atoms with Crippen molar-refractivity contribution in [2.24, 2.45) is 0 Å². The normalized spacial score (nSPS) is 14.9. The summed E-state index contributed by atoms with van der Waals surface area (Å²) >= 11 is 0. The van der Waals surface area contributed by atoms with Crippen LogP contribution >= 0.6 is 0 Å². The molecule has 0 unspecified atom stereocenters. The predicted molar refractivity (Wildman–Crippen MR) is 103 cm³/mol. The first-order valence-electron chi connectivity index (χ1n) is 8.76. The van der Waals surface area contributed by atoms with Gasteiger partial charge in [-0.3, -0.25) is 4.79 Å². The van der Waals surface area contributed by atoms with Crippen molar-refractivity contribution in [3.8, 4) is 0 Å². The van der Waals surface area contributed by atoms with Gasteiger partial charge in [-0.15, -0.1) is 0 Å². The molecule has 1 aliphatic heterocycles. The zero-order chi connectivity index (χ0) is 19.4. The van der Waals surface area contributed by atoms with Gasteiger partial charge in [0.15, 0.2) is 0 Å². The summed E-state index contributed by atoms with van der Waals surface area (Å²) in [5.41, 5.74) is 1.89. The number of nitrogens with one attached hydrogen (secondary N) is 2. The Morgan fingerprint density at radius 1 is 1.11 bits per heavy atom. The standard InChI is InChI=1S/C19H22FN3O3S/c1-14-4-5-15(20)12-18(14)21-13-19(24)22-16-6-8-17(9-7-16)27(25,26)23-10-2-3-11-23/h4-9,12,21H,2-3,10-11,13H2,1H3,(H,22,24). The summed E-state index contributed by atoms with van der Waals surface area (Å²) < 4.78 is 39.7. The molecule has 1 amide bonds. The van der Waals surface area contributed by atoms with Crippen LogP contribution in [0.4, 0.5) is 15.8 Å². The Morgan fingerprint density at radius 2 is 1.78 bits per heavy atom. The molecule has 6 nitrogen and oxygen atoms in total. The number of carbonyl (C=O) groups is 1. The van der Waals surface area contributed by atoms with E-state index in [4.69, 9.17) is 0 Å². The molecule has 8 heteroatoms. The van der Waals surface area contributed by atoms with Gasteiger partial charge in [-0.2, -0.15) is 4.31 Å². The van der Waals surface area contributed by atoms with E-state index in [0.29, 0.717) is 24.5 Å². The average Bonchev–Trinajstić information content (AvgIpc) is 3.18. The lowest BCUT2D eigenvalue weighted by Gasteiger charge is -2.15. The molecule has 144 valence electrons. The maximum absolute atomic E-state index is 13.3. The van der Waals surface area contributed by atoms with Gasteiger partial charge in [-0.05, 0) is 61.7 Å². The van der Waals surface area contributed by atoms with Crippen molar-refractivity contribution in [1.29, 1.82) is 0 Å². The summed E-state index contributed by atoms with van der Waals surface area (Å²) in [6.45, 7) is 2.88. The summed E-state index contributed by atoms with van der Waals surface area (Å²) in [6, 6.07) is 10.4. The zero-order valence-corrected chi connectivity index (χ0v) is 15.9. The quantitative estimate of drug-likeness (QED) is 0.794. The minimum absolute atomic E-state index is 0.0296. The fourth-order valence-electron chi connectivity index (χ4n) is 2.95. The third-order valence-electron chi connectivity index (χ3n) is 4.48. The maximum Gasteiger partial charge on any atom is 0.243 e. The van der Waals surface area contributed by atoms with Crippen molar-refractivity contribution >= 4 is 27.3 Å². The van der Waals surface area contributed by atoms with E-state index in [0.717, 1.165) is 18.4 Å². The van der Waals surface area contributed by atoms with E-state index >= 15 is 0 Å². The lowest BCUT2D eigenvalue weighted by Crippen LogP contribution is -2.27. The predicted octanol–water partition coefficient (Wildman–Crippen LogP) is 2.97. The highest BCUT2D eigenvalue weighted by Gasteiger charge is 2.26. The number of aryl methyl sites for hydroxylation is 1. The van der Waals surface area contributed by atoms with Crippen LogP contribution in [0.15, 0.2) is 47.4 Å². The second kappa shape index (κ2) is 8.06. The van der Waals surface area contributed by atoms with Crippen LogP contribution in [-0.2, 0) is 14.8 Å². The molecule has 0 saturated carbocycles. The fraction of sp³-hybridized carbons (Fsp3) is 0.316. The van der Waals surface area contributed by atoms with Crippen LogP contribution in [-0.4, -0.2) is 38.3 Å². The molecule has 27 heavy (non-hydrogen) atoms. The molecule has 0 atom stereocenters. The van der Waals surface area contributed by atoms with Crippen molar-refractivity contribution in [3.63, 3.8) is 0 Å². The third kappa shape index (κ3) is 4.64. The van der Waals surface area contributed by atoms with Crippen LogP contribution in [0.3, 0.4) is 0 Å². The molecule has 2 N–H and O–H groups in total. The van der Waals surface area contributed by atoms with Crippen molar-refractivity contribution in [2.75, 3.05) is 30.3 Å². The van der Waals surface area contributed by atoms with Crippen LogP contribution < -0.4 is 10.6 Å². The van der Waals surface area contributed by atoms with Gasteiger partial charge < -0.3 is 10.6 Å². The highest BCUT2D eigenvalue weighted by molar-refractivity contribution is 7.89. The summed E-state index contributed by atoms with van der Waals surface area (Å²) in [5, 5.41) is 5.58. The molecular formula is C19H22FN3O3S. The Morgan fingerprint density at radius 3 is 2.44 bits per heavy atom. The number of benzene rings is 2. The Balaban J connectivity index is 1.59. The van der Waals surface area contributed by atoms with E-state index in [1.807, 2.05) is 6.92 Å². The number of anilines is 2.